The number of imidazole rings is 4. The molecule has 11 aromatic rings. The van der Waals surface area contributed by atoms with Crippen LogP contribution in [0.5, 0.6) is 0 Å². The minimum atomic E-state index is -5.74. The summed E-state index contributed by atoms with van der Waals surface area (Å²) in [6.07, 6.45) is -27.2. The first-order valence-corrected chi connectivity index (χ1v) is 51.1. The lowest BCUT2D eigenvalue weighted by molar-refractivity contribution is -0.0651. The number of hydrogen-bond donors (Lipinski definition) is 18. The summed E-state index contributed by atoms with van der Waals surface area (Å²) in [4.78, 5) is 213. The number of aromatic nitrogens is 22. The maximum atomic E-state index is 14.6. The van der Waals surface area contributed by atoms with Crippen LogP contribution < -0.4 is 73.7 Å². The highest BCUT2D eigenvalue weighted by Gasteiger charge is 2.53. The molecule has 0 bridgehead atoms. The summed E-state index contributed by atoms with van der Waals surface area (Å²) in [5, 5.41) is 21.2. The van der Waals surface area contributed by atoms with Crippen molar-refractivity contribution in [2.24, 2.45) is 0 Å². The van der Waals surface area contributed by atoms with Crippen molar-refractivity contribution in [1.29, 1.82) is 0 Å². The zero-order chi connectivity index (χ0) is 101. The zero-order valence-electron chi connectivity index (χ0n) is 72.6. The molecular weight excluding hydrogens is 2030 g/mol. The number of hydrogen-bond acceptors (Lipinski definition) is 51. The van der Waals surface area contributed by atoms with Gasteiger partial charge in [-0.3, -0.25) is 125 Å². The number of nitrogens with one attached hydrogen (secondary N) is 4. The molecule has 7 fully saturated rings. The van der Waals surface area contributed by atoms with E-state index in [0.29, 0.717) is 0 Å². The predicted octanol–water partition coefficient (Wildman–Crippen LogP) is -3.53. The number of anilines is 6. The lowest BCUT2D eigenvalue weighted by Gasteiger charge is -2.26. The van der Waals surface area contributed by atoms with Crippen LogP contribution in [0.25, 0.3) is 44.7 Å². The Bertz CT molecular complexity index is 7400. The van der Waals surface area contributed by atoms with E-state index < -0.39 is 300 Å². The first-order valence-electron chi connectivity index (χ1n) is 42.2. The van der Waals surface area contributed by atoms with Gasteiger partial charge in [-0.1, -0.05) is 0 Å². The SMILES string of the molecule is Cc1cn([C@H]2C[C@H](OP(=O)(O)OC[C@H]3O[C@@H](n4cnc5c(N)ncnc54)C[C@@H]3OP(=O)(O)OC[C@H]3O[C@@H](n4cnc5c(=O)[nH]c(N)nc54)C[C@@H]3OP(=O)(O)OC[C@H]3O[C@@H](n4ccc(N)nc4=O)C[C@@H]3O)[C@@H](COP(=O)(O)O[C@H]3C[C@H](n4cnc5c(=O)[nH]c(N)nc54)O[C@@H]3COP(=O)(O)O[C@H]3C[C@H](n4ccc(N)nc4=O)O[C@@H]3COP(=O)(O)O[C@H]3C[C@H](n4cnc5c(=O)[nH]c(N)nc54)O[C@@H]3CO)O2)c(=O)[nH]c1=O. The van der Waals surface area contributed by atoms with Gasteiger partial charge < -0.3 is 107 Å². The number of aliphatic hydroxyl groups excluding tert-OH is 2. The molecule has 0 aliphatic carbocycles. The minimum Gasteiger partial charge on any atom is -0.394 e. The van der Waals surface area contributed by atoms with Crippen LogP contribution in [-0.2, 0) is 115 Å². The van der Waals surface area contributed by atoms with Crippen LogP contribution in [0, 0.1) is 6.92 Å². The maximum Gasteiger partial charge on any atom is 0.472 e. The average molecular weight is 2120 g/mol. The van der Waals surface area contributed by atoms with Crippen molar-refractivity contribution in [3.63, 3.8) is 0 Å². The van der Waals surface area contributed by atoms with Gasteiger partial charge >= 0.3 is 64.0 Å². The van der Waals surface area contributed by atoms with E-state index in [1.807, 2.05) is 0 Å². The minimum absolute atomic E-state index is 0.0213. The van der Waals surface area contributed by atoms with E-state index in [2.05, 4.69) is 74.8 Å². The Balaban J connectivity index is 0.559. The fraction of sp³-hybridized carbons (Fsp3) is 0.529. The van der Waals surface area contributed by atoms with Crippen LogP contribution in [0.4, 0.5) is 35.3 Å². The third kappa shape index (κ3) is 22.2. The van der Waals surface area contributed by atoms with Gasteiger partial charge in [-0.15, -0.1) is 0 Å². The van der Waals surface area contributed by atoms with Gasteiger partial charge in [0.2, 0.25) is 17.8 Å². The predicted molar refractivity (Wildman–Crippen MR) is 466 cm³/mol. The lowest BCUT2D eigenvalue weighted by atomic mass is 10.2. The number of aromatic amines is 4. The van der Waals surface area contributed by atoms with Crippen LogP contribution in [-0.4, -0.2) is 278 Å². The number of ether oxygens (including phenoxy) is 7. The second-order valence-corrected chi connectivity index (χ2v) is 41.2. The molecule has 0 aromatic carbocycles. The van der Waals surface area contributed by atoms with Crippen LogP contribution in [0.1, 0.15) is 94.1 Å². The van der Waals surface area contributed by atoms with Crippen LogP contribution in [0.15, 0.2) is 95.9 Å². The van der Waals surface area contributed by atoms with Crippen LogP contribution >= 0.6 is 46.9 Å². The molecule has 11 aromatic heterocycles. The molecule has 142 heavy (non-hydrogen) atoms. The normalized spacial score (nSPS) is 29.5. The summed E-state index contributed by atoms with van der Waals surface area (Å²) in [7, 11) is -33.4. The summed E-state index contributed by atoms with van der Waals surface area (Å²) in [6.45, 7) is -5.97. The molecule has 7 saturated heterocycles. The molecule has 0 saturated carbocycles. The number of phosphoric ester groups is 6. The highest BCUT2D eigenvalue weighted by atomic mass is 31.2. The molecule has 768 valence electrons. The van der Waals surface area contributed by atoms with Crippen molar-refractivity contribution in [2.45, 2.75) is 181 Å². The number of nitrogens with zero attached hydrogens (tertiary/aromatic N) is 18. The number of nitrogen functional groups attached to an aromatic ring is 6. The highest BCUT2D eigenvalue weighted by molar-refractivity contribution is 7.48. The molecular formula is C68H86N28O40P6. The Morgan fingerprint density at radius 2 is 0.648 bits per heavy atom. The third-order valence-electron chi connectivity index (χ3n) is 23.3. The fourth-order valence-electron chi connectivity index (χ4n) is 16.7. The number of phosphoric acid groups is 6. The fourth-order valence-corrected chi connectivity index (χ4v) is 22.5. The van der Waals surface area contributed by atoms with E-state index in [0.717, 1.165) is 49.6 Å². The molecule has 0 radical (unpaired) electrons. The Morgan fingerprint density at radius 3 is 0.986 bits per heavy atom. The molecule has 68 nitrogen and oxygen atoms in total. The smallest absolute Gasteiger partial charge is 0.394 e. The number of nitrogens with two attached hydrogens (primary N) is 6. The second kappa shape index (κ2) is 39.9. The Morgan fingerprint density at radius 1 is 0.359 bits per heavy atom. The lowest BCUT2D eigenvalue weighted by Crippen LogP contribution is -2.33. The molecule has 7 aliphatic heterocycles. The van der Waals surface area contributed by atoms with Gasteiger partial charge in [-0.25, -0.2) is 71.7 Å². The maximum absolute atomic E-state index is 14.6. The van der Waals surface area contributed by atoms with Gasteiger partial charge in [0.05, 0.1) is 77.7 Å². The van der Waals surface area contributed by atoms with Crippen LogP contribution in [0.2, 0.25) is 0 Å². The van der Waals surface area contributed by atoms with Crippen LogP contribution in [0.3, 0.4) is 0 Å². The van der Waals surface area contributed by atoms with Crippen molar-refractivity contribution >= 4 is 127 Å². The molecule has 7 aliphatic rings. The van der Waals surface area contributed by atoms with Gasteiger partial charge in [0.15, 0.2) is 45.0 Å². The monoisotopic (exact) mass is 2120 g/mol. The van der Waals surface area contributed by atoms with E-state index in [9.17, 15) is 101 Å². The summed E-state index contributed by atoms with van der Waals surface area (Å²) < 4.78 is 203. The summed E-state index contributed by atoms with van der Waals surface area (Å²) in [6, 6.07) is 2.48. The first-order chi connectivity index (χ1) is 67.2. The van der Waals surface area contributed by atoms with E-state index in [1.165, 1.54) is 51.6 Å². The van der Waals surface area contributed by atoms with Gasteiger partial charge in [0, 0.05) is 69.1 Å². The molecule has 27 atom stereocenters. The molecule has 0 spiro atoms. The number of aliphatic hydroxyl groups is 2. The molecule has 0 amide bonds. The van der Waals surface area contributed by atoms with Gasteiger partial charge in [0.25, 0.3) is 22.2 Å². The van der Waals surface area contributed by atoms with Gasteiger partial charge in [0.1, 0.15) is 146 Å². The summed E-state index contributed by atoms with van der Waals surface area (Å²) in [5.41, 5.74) is 27.7. The average Bonchev–Trinajstić information content (AvgIpc) is 1.64. The van der Waals surface area contributed by atoms with Crippen molar-refractivity contribution in [1.82, 2.24) is 107 Å². The number of aryl methyl sites for hydroxylation is 1. The van der Waals surface area contributed by atoms with E-state index >= 15 is 0 Å². The molecule has 6 unspecified atom stereocenters. The summed E-state index contributed by atoms with van der Waals surface area (Å²) >= 11 is 0. The number of fused-ring (bicyclic) bond motifs is 4. The summed E-state index contributed by atoms with van der Waals surface area (Å²) in [5.74, 6) is -1.53. The van der Waals surface area contributed by atoms with Gasteiger partial charge in [-0.2, -0.15) is 24.9 Å². The van der Waals surface area contributed by atoms with Crippen molar-refractivity contribution < 1.29 is 154 Å². The molecule has 18 rings (SSSR count). The Kier molecular flexibility index (Phi) is 28.5. The quantitative estimate of drug-likeness (QED) is 0.0167. The van der Waals surface area contributed by atoms with Gasteiger partial charge in [-0.05, 0) is 19.1 Å². The number of rotatable bonds is 38. The van der Waals surface area contributed by atoms with Crippen molar-refractivity contribution in [3.05, 3.63) is 141 Å². The largest absolute Gasteiger partial charge is 0.472 e. The Hall–Kier alpha value is -10.9. The highest BCUT2D eigenvalue weighted by Crippen LogP contribution is 2.58. The third-order valence-corrected chi connectivity index (χ3v) is 29.3. The van der Waals surface area contributed by atoms with E-state index in [-0.39, 0.29) is 92.4 Å². The second-order valence-electron chi connectivity index (χ2n) is 32.7. The van der Waals surface area contributed by atoms with E-state index in [4.69, 9.17) is 122 Å². The van der Waals surface area contributed by atoms with Crippen molar-refractivity contribution in [3.8, 4) is 0 Å². The topological polar surface area (TPSA) is 955 Å². The van der Waals surface area contributed by atoms with E-state index in [1.54, 1.807) is 0 Å². The molecule has 24 N–H and O–H groups in total. The molecule has 74 heteroatoms. The molecule has 18 heterocycles. The zero-order valence-corrected chi connectivity index (χ0v) is 78.0. The standard InChI is InChI=1S/C68H86N28O40P6/c1-26-13-92(68(105)89-59(26)99)45-9-30(133-140(112,113)121-18-38-31(10-46(128-38)93-22-77-50-54(71)75-21-76-55(50)93)135-142(116,117)123-19-39-32(11-48(129-39)95-24-79-52-57(95)84-64(73)87-61(52)101)134-137(106,107)118-15-35-27(98)6-43(125-35)90-4-2-41(69)81-66(90)103)37(127-45)17-120-141(114,115)136-33-12-49(96-25-80-53-58(96)85-65(74)88-62(53)102)130-40(33)20-122-139(110,111)132-29-8-44(91-5-3-42(70)82-67(91)104)126-36(29)16-119-138(108,109)131-28-7-47(124-34(28)14-97)94-23-78-51-56(94)83-63(72)86-60(51)100/h2-5,13,21-25,27-40,43-49,97-98H,6-12,14-20H2,1H3,(H,106,107)(H,108,109)(H,110,111)(H,112,113)(H,114,115)(H,116,117)(H2,69,81,103)(H2,70,82,104)(H2,71,75,76)(H,89,99,105)(H3,72,83,86,100)(H3,73,84,87,101)(H3,74,85,88,102)/t27-,28-,29-,30-,31-,32-,33-,34+,35+,36+,37+,38+,39+,40+,43+,44+,45+,46+,47+,48+,49+/m0/s1. The van der Waals surface area contributed by atoms with Crippen molar-refractivity contribution in [2.75, 3.05) is 80.7 Å². The number of H-pyrrole nitrogens is 4. The Labute approximate surface area is 787 Å². The first kappa shape index (κ1) is 101.